The summed E-state index contributed by atoms with van der Waals surface area (Å²) in [5.74, 6) is -0.106. The maximum Gasteiger partial charge on any atom is 0.221 e. The van der Waals surface area contributed by atoms with Crippen LogP contribution in [0, 0.1) is 0 Å². The van der Waals surface area contributed by atoms with Crippen molar-refractivity contribution < 1.29 is 4.79 Å². The first-order chi connectivity index (χ1) is 14.1. The summed E-state index contributed by atoms with van der Waals surface area (Å²) in [6.07, 6.45) is 2.21. The maximum absolute atomic E-state index is 11.0. The molecule has 1 N–H and O–H groups in total. The molecule has 0 spiro atoms. The molecule has 3 rings (SSSR count). The zero-order chi connectivity index (χ0) is 20.5. The summed E-state index contributed by atoms with van der Waals surface area (Å²) < 4.78 is 0. The van der Waals surface area contributed by atoms with Crippen LogP contribution in [0.1, 0.15) is 25.8 Å². The summed E-state index contributed by atoms with van der Waals surface area (Å²) in [5.41, 5.74) is 5.04. The van der Waals surface area contributed by atoms with Gasteiger partial charge in [0, 0.05) is 12.6 Å². The minimum absolute atomic E-state index is 0.106. The number of nitrogens with one attached hydrogen (secondary N) is 1. The van der Waals surface area contributed by atoms with Crippen LogP contribution >= 0.6 is 0 Å². The Morgan fingerprint density at radius 3 is 1.45 bits per heavy atom. The fraction of sp³-hybridized carbons (Fsp3) is 0.174. The Balaban J connectivity index is 1.59. The van der Waals surface area contributed by atoms with Crippen molar-refractivity contribution in [3.05, 3.63) is 78.4 Å². The zero-order valence-electron chi connectivity index (χ0n) is 16.5. The topological polar surface area (TPSA) is 78.5 Å². The van der Waals surface area contributed by atoms with Gasteiger partial charge in [-0.3, -0.25) is 4.79 Å². The van der Waals surface area contributed by atoms with Crippen LogP contribution in [0.15, 0.2) is 93.3 Å². The highest BCUT2D eigenvalue weighted by Crippen LogP contribution is 2.24. The van der Waals surface area contributed by atoms with Gasteiger partial charge in [-0.2, -0.15) is 20.5 Å². The molecule has 0 atom stereocenters. The molecule has 0 saturated carbocycles. The van der Waals surface area contributed by atoms with E-state index in [1.54, 1.807) is 24.3 Å². The molecule has 6 nitrogen and oxygen atoms in total. The smallest absolute Gasteiger partial charge is 0.221 e. The number of azo groups is 2. The standard InChI is InChI=1S/C23H23N5O/c1-3-4-18-5-7-20(8-6-18)25-27-22-13-15-23(16-14-22)28-26-21-11-9-19(10-12-21)24-17(2)29/h5-16H,3-4H2,1-2H3,(H,24,29). The van der Waals surface area contributed by atoms with Crippen molar-refractivity contribution in [3.63, 3.8) is 0 Å². The van der Waals surface area contributed by atoms with Crippen LogP contribution in [0.4, 0.5) is 28.4 Å². The zero-order valence-corrected chi connectivity index (χ0v) is 16.5. The fourth-order valence-corrected chi connectivity index (χ4v) is 2.65. The lowest BCUT2D eigenvalue weighted by Gasteiger charge is -2.01. The van der Waals surface area contributed by atoms with E-state index in [1.807, 2.05) is 36.4 Å². The van der Waals surface area contributed by atoms with Crippen molar-refractivity contribution in [2.75, 3.05) is 5.32 Å². The van der Waals surface area contributed by atoms with Crippen molar-refractivity contribution in [2.24, 2.45) is 20.5 Å². The lowest BCUT2D eigenvalue weighted by atomic mass is 10.1. The summed E-state index contributed by atoms with van der Waals surface area (Å²) in [7, 11) is 0. The largest absolute Gasteiger partial charge is 0.326 e. The molecule has 3 aromatic carbocycles. The van der Waals surface area contributed by atoms with Gasteiger partial charge in [-0.05, 0) is 72.6 Å². The Kier molecular flexibility index (Phi) is 6.95. The number of rotatable bonds is 7. The van der Waals surface area contributed by atoms with Crippen molar-refractivity contribution in [2.45, 2.75) is 26.7 Å². The van der Waals surface area contributed by atoms with Gasteiger partial charge >= 0.3 is 0 Å². The molecule has 0 saturated heterocycles. The van der Waals surface area contributed by atoms with E-state index in [9.17, 15) is 4.79 Å². The lowest BCUT2D eigenvalue weighted by Crippen LogP contribution is -2.04. The normalized spacial score (nSPS) is 11.2. The average molecular weight is 385 g/mol. The molecule has 6 heteroatoms. The average Bonchev–Trinajstić information content (AvgIpc) is 2.73. The molecule has 1 amide bonds. The number of aryl methyl sites for hydroxylation is 1. The number of amides is 1. The fourth-order valence-electron chi connectivity index (χ4n) is 2.65. The summed E-state index contributed by atoms with van der Waals surface area (Å²) in [4.78, 5) is 11.0. The Bertz CT molecular complexity index is 991. The van der Waals surface area contributed by atoms with Crippen LogP contribution in [0.3, 0.4) is 0 Å². The third-order valence-electron chi connectivity index (χ3n) is 4.07. The van der Waals surface area contributed by atoms with E-state index in [-0.39, 0.29) is 5.91 Å². The molecular formula is C23H23N5O. The van der Waals surface area contributed by atoms with E-state index in [0.29, 0.717) is 5.69 Å². The third-order valence-corrected chi connectivity index (χ3v) is 4.07. The van der Waals surface area contributed by atoms with Crippen LogP contribution in [0.5, 0.6) is 0 Å². The highest BCUT2D eigenvalue weighted by molar-refractivity contribution is 5.88. The van der Waals surface area contributed by atoms with E-state index >= 15 is 0 Å². The van der Waals surface area contributed by atoms with Crippen LogP contribution in [-0.4, -0.2) is 5.91 Å². The molecule has 0 radical (unpaired) electrons. The summed E-state index contributed by atoms with van der Waals surface area (Å²) >= 11 is 0. The molecule has 0 fully saturated rings. The van der Waals surface area contributed by atoms with E-state index in [2.05, 4.69) is 44.8 Å². The second kappa shape index (κ2) is 10.0. The molecule has 146 valence electrons. The Morgan fingerprint density at radius 2 is 1.07 bits per heavy atom. The predicted octanol–water partition coefficient (Wildman–Crippen LogP) is 7.43. The molecule has 0 bridgehead atoms. The van der Waals surface area contributed by atoms with E-state index < -0.39 is 0 Å². The van der Waals surface area contributed by atoms with Gasteiger partial charge in [0.1, 0.15) is 0 Å². The monoisotopic (exact) mass is 385 g/mol. The van der Waals surface area contributed by atoms with Crippen molar-refractivity contribution in [1.29, 1.82) is 0 Å². The molecule has 29 heavy (non-hydrogen) atoms. The quantitative estimate of drug-likeness (QED) is 0.422. The number of carbonyl (C=O) groups excluding carboxylic acids is 1. The number of carbonyl (C=O) groups is 1. The second-order valence-electron chi connectivity index (χ2n) is 6.56. The number of hydrogen-bond donors (Lipinski definition) is 1. The van der Waals surface area contributed by atoms with Gasteiger partial charge in [-0.25, -0.2) is 0 Å². The third kappa shape index (κ3) is 6.46. The molecule has 0 aliphatic heterocycles. The molecule has 0 aliphatic rings. The highest BCUT2D eigenvalue weighted by atomic mass is 16.1. The van der Waals surface area contributed by atoms with Gasteiger partial charge in [-0.1, -0.05) is 25.5 Å². The van der Waals surface area contributed by atoms with Gasteiger partial charge in [0.15, 0.2) is 0 Å². The van der Waals surface area contributed by atoms with Gasteiger partial charge < -0.3 is 5.32 Å². The van der Waals surface area contributed by atoms with Gasteiger partial charge in [0.2, 0.25) is 5.91 Å². The van der Waals surface area contributed by atoms with E-state index in [0.717, 1.165) is 35.6 Å². The van der Waals surface area contributed by atoms with Gasteiger partial charge in [-0.15, -0.1) is 0 Å². The number of benzene rings is 3. The molecule has 3 aromatic rings. The first-order valence-corrected chi connectivity index (χ1v) is 9.52. The van der Waals surface area contributed by atoms with Crippen LogP contribution in [-0.2, 0) is 11.2 Å². The van der Waals surface area contributed by atoms with Crippen LogP contribution < -0.4 is 5.32 Å². The second-order valence-corrected chi connectivity index (χ2v) is 6.56. The van der Waals surface area contributed by atoms with E-state index in [4.69, 9.17) is 0 Å². The maximum atomic E-state index is 11.0. The Labute approximate surface area is 170 Å². The number of hydrogen-bond acceptors (Lipinski definition) is 5. The minimum atomic E-state index is -0.106. The Hall–Kier alpha value is -3.67. The molecule has 0 aliphatic carbocycles. The molecule has 0 unspecified atom stereocenters. The van der Waals surface area contributed by atoms with Gasteiger partial charge in [0.05, 0.1) is 22.7 Å². The predicted molar refractivity (Wildman–Crippen MR) is 116 cm³/mol. The number of anilines is 1. The molecule has 0 aromatic heterocycles. The lowest BCUT2D eigenvalue weighted by molar-refractivity contribution is -0.114. The summed E-state index contributed by atoms with van der Waals surface area (Å²) in [6, 6.07) is 22.7. The van der Waals surface area contributed by atoms with Crippen molar-refractivity contribution in [3.8, 4) is 0 Å². The van der Waals surface area contributed by atoms with Crippen LogP contribution in [0.25, 0.3) is 0 Å². The first kappa shape index (κ1) is 20.1. The Morgan fingerprint density at radius 1 is 0.690 bits per heavy atom. The molecular weight excluding hydrogens is 362 g/mol. The summed E-state index contributed by atoms with van der Waals surface area (Å²) in [6.45, 7) is 3.64. The molecule has 0 heterocycles. The first-order valence-electron chi connectivity index (χ1n) is 9.52. The summed E-state index contributed by atoms with van der Waals surface area (Å²) in [5, 5.41) is 19.7. The van der Waals surface area contributed by atoms with Crippen molar-refractivity contribution in [1.82, 2.24) is 0 Å². The van der Waals surface area contributed by atoms with E-state index in [1.165, 1.54) is 12.5 Å². The van der Waals surface area contributed by atoms with Gasteiger partial charge in [0.25, 0.3) is 0 Å². The minimum Gasteiger partial charge on any atom is -0.326 e. The highest BCUT2D eigenvalue weighted by Gasteiger charge is 1.97. The SMILES string of the molecule is CCCc1ccc(N=Nc2ccc(N=Nc3ccc(NC(C)=O)cc3)cc2)cc1. The van der Waals surface area contributed by atoms with Crippen LogP contribution in [0.2, 0.25) is 0 Å². The number of nitrogens with zero attached hydrogens (tertiary/aromatic N) is 4. The van der Waals surface area contributed by atoms with Crippen molar-refractivity contribution >= 4 is 34.3 Å².